The predicted molar refractivity (Wildman–Crippen MR) is 66.9 cm³/mol. The zero-order chi connectivity index (χ0) is 10.6. The molecule has 0 atom stereocenters. The third-order valence-corrected chi connectivity index (χ3v) is 4.26. The fraction of sp³-hybridized carbons (Fsp3) is 0.500. The van der Waals surface area contributed by atoms with Gasteiger partial charge in [-0.25, -0.2) is 4.68 Å². The van der Waals surface area contributed by atoms with Gasteiger partial charge in [0.05, 0.1) is 10.7 Å². The van der Waals surface area contributed by atoms with Crippen molar-refractivity contribution in [2.75, 3.05) is 12.0 Å². The second kappa shape index (κ2) is 5.92. The molecule has 0 unspecified atom stereocenters. The number of halogens is 2. The molecule has 1 aromatic heterocycles. The second-order valence-electron chi connectivity index (χ2n) is 2.68. The highest BCUT2D eigenvalue weighted by molar-refractivity contribution is 9.13. The topological polar surface area (TPSA) is 34.9 Å². The van der Waals surface area contributed by atoms with Gasteiger partial charge in [-0.15, -0.1) is 0 Å². The highest BCUT2D eigenvalue weighted by atomic mass is 79.9. The van der Waals surface area contributed by atoms with E-state index in [-0.39, 0.29) is 5.56 Å². The first kappa shape index (κ1) is 12.3. The summed E-state index contributed by atoms with van der Waals surface area (Å²) >= 11 is 8.22. The lowest BCUT2D eigenvalue weighted by Gasteiger charge is -2.04. The van der Waals surface area contributed by atoms with Crippen molar-refractivity contribution >= 4 is 43.6 Å². The van der Waals surface area contributed by atoms with Gasteiger partial charge < -0.3 is 0 Å². The average molecular weight is 342 g/mol. The number of hydrogen-bond acceptors (Lipinski definition) is 3. The average Bonchev–Trinajstić information content (AvgIpc) is 2.18. The lowest BCUT2D eigenvalue weighted by Crippen LogP contribution is -2.23. The van der Waals surface area contributed by atoms with Crippen molar-refractivity contribution in [3.8, 4) is 0 Å². The Morgan fingerprint density at radius 3 is 2.93 bits per heavy atom. The molecule has 0 N–H and O–H groups in total. The molecule has 78 valence electrons. The van der Waals surface area contributed by atoms with Crippen LogP contribution in [0.15, 0.2) is 19.9 Å². The van der Waals surface area contributed by atoms with Crippen molar-refractivity contribution in [2.45, 2.75) is 13.0 Å². The Bertz CT molecular complexity index is 367. The van der Waals surface area contributed by atoms with Gasteiger partial charge in [0.15, 0.2) is 0 Å². The first-order valence-electron chi connectivity index (χ1n) is 4.07. The molecule has 0 bridgehead atoms. The SMILES string of the molecule is CSCCCn1ncc(Br)c(Br)c1=O. The van der Waals surface area contributed by atoms with Gasteiger partial charge in [0.1, 0.15) is 4.47 Å². The van der Waals surface area contributed by atoms with E-state index in [0.29, 0.717) is 15.5 Å². The molecule has 0 aliphatic heterocycles. The lowest BCUT2D eigenvalue weighted by molar-refractivity contribution is 0.566. The summed E-state index contributed by atoms with van der Waals surface area (Å²) in [6.45, 7) is 0.672. The molecule has 0 aliphatic rings. The fourth-order valence-electron chi connectivity index (χ4n) is 0.963. The summed E-state index contributed by atoms with van der Waals surface area (Å²) in [5.41, 5.74) is -0.0829. The molecule has 0 saturated heterocycles. The Balaban J connectivity index is 2.79. The zero-order valence-electron chi connectivity index (χ0n) is 7.67. The summed E-state index contributed by atoms with van der Waals surface area (Å²) < 4.78 is 2.71. The summed E-state index contributed by atoms with van der Waals surface area (Å²) in [5.74, 6) is 1.04. The number of nitrogens with zero attached hydrogens (tertiary/aromatic N) is 2. The zero-order valence-corrected chi connectivity index (χ0v) is 11.7. The third-order valence-electron chi connectivity index (χ3n) is 1.66. The molecule has 1 rings (SSSR count). The first-order chi connectivity index (χ1) is 6.66. The first-order valence-corrected chi connectivity index (χ1v) is 7.05. The van der Waals surface area contributed by atoms with Crippen molar-refractivity contribution < 1.29 is 0 Å². The Morgan fingerprint density at radius 2 is 2.29 bits per heavy atom. The normalized spacial score (nSPS) is 10.5. The highest BCUT2D eigenvalue weighted by Gasteiger charge is 2.05. The van der Waals surface area contributed by atoms with Gasteiger partial charge in [-0.05, 0) is 50.3 Å². The van der Waals surface area contributed by atoms with Crippen LogP contribution in [-0.2, 0) is 6.54 Å². The molecule has 0 aromatic carbocycles. The molecular weight excluding hydrogens is 332 g/mol. The number of thioether (sulfide) groups is 1. The van der Waals surface area contributed by atoms with Gasteiger partial charge in [0.2, 0.25) is 0 Å². The van der Waals surface area contributed by atoms with Crippen LogP contribution in [0.1, 0.15) is 6.42 Å². The maximum Gasteiger partial charge on any atom is 0.282 e. The minimum atomic E-state index is -0.0829. The van der Waals surface area contributed by atoms with Crippen molar-refractivity contribution in [2.24, 2.45) is 0 Å². The minimum Gasteiger partial charge on any atom is -0.266 e. The second-order valence-corrected chi connectivity index (χ2v) is 5.31. The van der Waals surface area contributed by atoms with Gasteiger partial charge in [-0.1, -0.05) is 0 Å². The van der Waals surface area contributed by atoms with E-state index in [4.69, 9.17) is 0 Å². The Hall–Kier alpha value is 0.190. The molecule has 0 fully saturated rings. The van der Waals surface area contributed by atoms with E-state index in [0.717, 1.165) is 12.2 Å². The van der Waals surface area contributed by atoms with E-state index >= 15 is 0 Å². The van der Waals surface area contributed by atoms with Gasteiger partial charge >= 0.3 is 0 Å². The van der Waals surface area contributed by atoms with E-state index in [1.807, 2.05) is 6.26 Å². The van der Waals surface area contributed by atoms with Crippen LogP contribution in [0.5, 0.6) is 0 Å². The van der Waals surface area contributed by atoms with Gasteiger partial charge in [0.25, 0.3) is 5.56 Å². The van der Waals surface area contributed by atoms with Gasteiger partial charge in [0, 0.05) is 6.54 Å². The smallest absolute Gasteiger partial charge is 0.266 e. The van der Waals surface area contributed by atoms with Crippen LogP contribution in [0.2, 0.25) is 0 Å². The van der Waals surface area contributed by atoms with Gasteiger partial charge in [-0.3, -0.25) is 4.79 Å². The quantitative estimate of drug-likeness (QED) is 0.789. The molecule has 1 heterocycles. The van der Waals surface area contributed by atoms with Crippen LogP contribution in [0.4, 0.5) is 0 Å². The molecule has 0 saturated carbocycles. The van der Waals surface area contributed by atoms with Crippen molar-refractivity contribution in [3.05, 3.63) is 25.5 Å². The van der Waals surface area contributed by atoms with Crippen molar-refractivity contribution in [1.29, 1.82) is 0 Å². The molecule has 1 aromatic rings. The van der Waals surface area contributed by atoms with Crippen LogP contribution in [0.3, 0.4) is 0 Å². The summed E-state index contributed by atoms with van der Waals surface area (Å²) in [6, 6.07) is 0. The Morgan fingerprint density at radius 1 is 1.57 bits per heavy atom. The standard InChI is InChI=1S/C8H10Br2N2OS/c1-14-4-2-3-12-8(13)7(10)6(9)5-11-12/h5H,2-4H2,1H3. The molecule has 14 heavy (non-hydrogen) atoms. The molecule has 0 aliphatic carbocycles. The summed E-state index contributed by atoms with van der Waals surface area (Å²) in [6.07, 6.45) is 4.64. The van der Waals surface area contributed by atoms with E-state index in [1.54, 1.807) is 18.0 Å². The van der Waals surface area contributed by atoms with E-state index in [9.17, 15) is 4.79 Å². The highest BCUT2D eigenvalue weighted by Crippen LogP contribution is 2.16. The molecule has 3 nitrogen and oxygen atoms in total. The number of hydrogen-bond donors (Lipinski definition) is 0. The van der Waals surface area contributed by atoms with E-state index in [2.05, 4.69) is 37.0 Å². The Labute approximate surface area is 104 Å². The largest absolute Gasteiger partial charge is 0.282 e. The van der Waals surface area contributed by atoms with Crippen molar-refractivity contribution in [3.63, 3.8) is 0 Å². The molecule has 6 heteroatoms. The molecule has 0 radical (unpaired) electrons. The lowest BCUT2D eigenvalue weighted by atomic mass is 10.5. The van der Waals surface area contributed by atoms with Crippen molar-refractivity contribution in [1.82, 2.24) is 9.78 Å². The number of rotatable bonds is 4. The van der Waals surface area contributed by atoms with E-state index in [1.165, 1.54) is 4.68 Å². The summed E-state index contributed by atoms with van der Waals surface area (Å²) in [5, 5.41) is 4.03. The molecule has 0 amide bonds. The number of aromatic nitrogens is 2. The Kier molecular flexibility index (Phi) is 5.19. The monoisotopic (exact) mass is 340 g/mol. The minimum absolute atomic E-state index is 0.0829. The van der Waals surface area contributed by atoms with Crippen LogP contribution < -0.4 is 5.56 Å². The predicted octanol–water partition coefficient (Wildman–Crippen LogP) is 2.52. The fourth-order valence-corrected chi connectivity index (χ4v) is 1.95. The summed E-state index contributed by atoms with van der Waals surface area (Å²) in [7, 11) is 0. The molecule has 0 spiro atoms. The maximum atomic E-state index is 11.6. The molecular formula is C8H10Br2N2OS. The van der Waals surface area contributed by atoms with Crippen LogP contribution in [0, 0.1) is 0 Å². The van der Waals surface area contributed by atoms with E-state index < -0.39 is 0 Å². The van der Waals surface area contributed by atoms with Crippen LogP contribution in [0.25, 0.3) is 0 Å². The number of aryl methyl sites for hydroxylation is 1. The summed E-state index contributed by atoms with van der Waals surface area (Å²) in [4.78, 5) is 11.6. The maximum absolute atomic E-state index is 11.6. The van der Waals surface area contributed by atoms with Crippen LogP contribution >= 0.6 is 43.6 Å². The van der Waals surface area contributed by atoms with Gasteiger partial charge in [-0.2, -0.15) is 16.9 Å². The van der Waals surface area contributed by atoms with Crippen LogP contribution in [-0.4, -0.2) is 21.8 Å². The third kappa shape index (κ3) is 3.10.